The molecule has 1 aromatic heterocycles. The summed E-state index contributed by atoms with van der Waals surface area (Å²) in [5.41, 5.74) is 0.573. The largest absolute Gasteiger partial charge is 0.490 e. The van der Waals surface area contributed by atoms with Gasteiger partial charge in [0.15, 0.2) is 0 Å². The Labute approximate surface area is 166 Å². The number of likely N-dealkylation sites (N-methyl/N-ethyl adjacent to an activating group) is 1. The minimum Gasteiger partial charge on any atom is -0.490 e. The summed E-state index contributed by atoms with van der Waals surface area (Å²) in [6, 6.07) is 5.43. The average Bonchev–Trinajstić information content (AvgIpc) is 3.06. The van der Waals surface area contributed by atoms with Gasteiger partial charge in [0.25, 0.3) is 0 Å². The lowest BCUT2D eigenvalue weighted by molar-refractivity contribution is 0.0448. The van der Waals surface area contributed by atoms with Crippen LogP contribution in [0.25, 0.3) is 11.0 Å². The molecule has 0 bridgehead atoms. The fraction of sp³-hybridized carbons (Fsp3) is 0.591. The molecule has 0 radical (unpaired) electrons. The van der Waals surface area contributed by atoms with E-state index in [1.165, 1.54) is 19.3 Å². The van der Waals surface area contributed by atoms with Crippen LogP contribution in [0.15, 0.2) is 22.6 Å². The minimum atomic E-state index is -0.469. The lowest BCUT2D eigenvalue weighted by atomic mass is 9.98. The topological polar surface area (TPSA) is 61.1 Å². The number of ether oxygens (including phenoxy) is 3. The van der Waals surface area contributed by atoms with Gasteiger partial charge in [-0.25, -0.2) is 4.79 Å². The number of hydrogen-bond donors (Lipinski definition) is 0. The van der Waals surface area contributed by atoms with Crippen molar-refractivity contribution in [2.24, 2.45) is 0 Å². The molecule has 6 heteroatoms. The third kappa shape index (κ3) is 5.41. The molecule has 1 saturated carbocycles. The fourth-order valence-electron chi connectivity index (χ4n) is 3.37. The third-order valence-electron chi connectivity index (χ3n) is 4.76. The van der Waals surface area contributed by atoms with Crippen LogP contribution in [-0.2, 0) is 4.74 Å². The van der Waals surface area contributed by atoms with E-state index in [9.17, 15) is 4.79 Å². The zero-order valence-corrected chi connectivity index (χ0v) is 17.3. The number of esters is 1. The standard InChI is InChI=1S/C22H31NO5/c1-15(2)26-19-12-17(27-16-8-6-5-7-9-16)13-20-18(19)14-21(28-20)22(24)25-11-10-23(3)4/h12-16H,5-11H2,1-4H3. The lowest BCUT2D eigenvalue weighted by Crippen LogP contribution is -2.19. The van der Waals surface area contributed by atoms with E-state index in [-0.39, 0.29) is 18.0 Å². The molecule has 154 valence electrons. The highest BCUT2D eigenvalue weighted by atomic mass is 16.5. The summed E-state index contributed by atoms with van der Waals surface area (Å²) >= 11 is 0. The van der Waals surface area contributed by atoms with Gasteiger partial charge in [-0.3, -0.25) is 0 Å². The van der Waals surface area contributed by atoms with E-state index in [2.05, 4.69) is 0 Å². The van der Waals surface area contributed by atoms with Crippen molar-refractivity contribution in [2.75, 3.05) is 27.2 Å². The molecule has 0 spiro atoms. The second-order valence-electron chi connectivity index (χ2n) is 7.93. The first-order valence-electron chi connectivity index (χ1n) is 10.1. The predicted octanol–water partition coefficient (Wildman–Crippen LogP) is 4.65. The molecule has 0 N–H and O–H groups in total. The second kappa shape index (κ2) is 9.32. The van der Waals surface area contributed by atoms with Gasteiger partial charge in [0.05, 0.1) is 17.6 Å². The third-order valence-corrected chi connectivity index (χ3v) is 4.76. The Bertz CT molecular complexity index is 790. The number of hydrogen-bond acceptors (Lipinski definition) is 6. The Hall–Kier alpha value is -2.21. The number of benzene rings is 1. The number of carbonyl (C=O) groups excluding carboxylic acids is 1. The number of carbonyl (C=O) groups is 1. The minimum absolute atomic E-state index is 0.00137. The number of furan rings is 1. The van der Waals surface area contributed by atoms with Crippen molar-refractivity contribution < 1.29 is 23.4 Å². The molecule has 0 saturated heterocycles. The molecule has 1 heterocycles. The SMILES string of the molecule is CC(C)Oc1cc(OC2CCCCC2)cc2oc(C(=O)OCCN(C)C)cc12. The van der Waals surface area contributed by atoms with Crippen LogP contribution < -0.4 is 9.47 Å². The molecule has 0 unspecified atom stereocenters. The maximum atomic E-state index is 12.3. The fourth-order valence-corrected chi connectivity index (χ4v) is 3.37. The van der Waals surface area contributed by atoms with Gasteiger partial charge in [-0.1, -0.05) is 6.42 Å². The maximum Gasteiger partial charge on any atom is 0.374 e. The summed E-state index contributed by atoms with van der Waals surface area (Å²) in [7, 11) is 3.86. The Morgan fingerprint density at radius 1 is 1.18 bits per heavy atom. The molecule has 2 aromatic rings. The normalized spacial score (nSPS) is 15.4. The van der Waals surface area contributed by atoms with Gasteiger partial charge < -0.3 is 23.5 Å². The zero-order chi connectivity index (χ0) is 20.1. The highest BCUT2D eigenvalue weighted by molar-refractivity contribution is 5.95. The highest BCUT2D eigenvalue weighted by Gasteiger charge is 2.20. The van der Waals surface area contributed by atoms with Crippen LogP contribution in [0.2, 0.25) is 0 Å². The van der Waals surface area contributed by atoms with E-state index >= 15 is 0 Å². The van der Waals surface area contributed by atoms with Gasteiger partial charge in [0.1, 0.15) is 23.7 Å². The smallest absolute Gasteiger partial charge is 0.374 e. The Balaban J connectivity index is 1.83. The van der Waals surface area contributed by atoms with Crippen LogP contribution >= 0.6 is 0 Å². The van der Waals surface area contributed by atoms with Crippen molar-refractivity contribution in [2.45, 2.75) is 58.2 Å². The van der Waals surface area contributed by atoms with E-state index < -0.39 is 5.97 Å². The summed E-state index contributed by atoms with van der Waals surface area (Å²) < 4.78 is 23.2. The number of nitrogens with zero attached hydrogens (tertiary/aromatic N) is 1. The Kier molecular flexibility index (Phi) is 6.83. The molecule has 1 aromatic carbocycles. The summed E-state index contributed by atoms with van der Waals surface area (Å²) in [5, 5.41) is 0.754. The van der Waals surface area contributed by atoms with Gasteiger partial charge in [0.2, 0.25) is 5.76 Å². The maximum absolute atomic E-state index is 12.3. The van der Waals surface area contributed by atoms with Crippen molar-refractivity contribution >= 4 is 16.9 Å². The summed E-state index contributed by atoms with van der Waals surface area (Å²) in [5.74, 6) is 1.09. The van der Waals surface area contributed by atoms with Crippen LogP contribution in [0.3, 0.4) is 0 Å². The van der Waals surface area contributed by atoms with Crippen LogP contribution in [-0.4, -0.2) is 50.3 Å². The van der Waals surface area contributed by atoms with E-state index in [4.69, 9.17) is 18.6 Å². The second-order valence-corrected chi connectivity index (χ2v) is 7.93. The first kappa shape index (κ1) is 20.5. The molecule has 0 amide bonds. The van der Waals surface area contributed by atoms with E-state index in [1.807, 2.05) is 45.0 Å². The van der Waals surface area contributed by atoms with Crippen molar-refractivity contribution in [1.29, 1.82) is 0 Å². The molecule has 0 aliphatic heterocycles. The molecule has 1 fully saturated rings. The molecular formula is C22H31NO5. The lowest BCUT2D eigenvalue weighted by Gasteiger charge is -2.23. The summed E-state index contributed by atoms with van der Waals surface area (Å²) in [6.45, 7) is 4.91. The van der Waals surface area contributed by atoms with Crippen molar-refractivity contribution in [3.05, 3.63) is 24.0 Å². The summed E-state index contributed by atoms with van der Waals surface area (Å²) in [4.78, 5) is 14.3. The molecular weight excluding hydrogens is 358 g/mol. The van der Waals surface area contributed by atoms with Gasteiger partial charge in [-0.15, -0.1) is 0 Å². The van der Waals surface area contributed by atoms with Crippen LogP contribution in [0, 0.1) is 0 Å². The monoisotopic (exact) mass is 389 g/mol. The first-order chi connectivity index (χ1) is 13.4. The average molecular weight is 389 g/mol. The van der Waals surface area contributed by atoms with Crippen molar-refractivity contribution in [1.82, 2.24) is 4.90 Å². The van der Waals surface area contributed by atoms with Crippen molar-refractivity contribution in [3.63, 3.8) is 0 Å². The van der Waals surface area contributed by atoms with Gasteiger partial charge in [-0.2, -0.15) is 0 Å². The predicted molar refractivity (Wildman–Crippen MR) is 108 cm³/mol. The zero-order valence-electron chi connectivity index (χ0n) is 17.3. The van der Waals surface area contributed by atoms with E-state index in [0.717, 1.165) is 24.0 Å². The van der Waals surface area contributed by atoms with Crippen molar-refractivity contribution in [3.8, 4) is 11.5 Å². The highest BCUT2D eigenvalue weighted by Crippen LogP contribution is 2.36. The Morgan fingerprint density at radius 2 is 1.93 bits per heavy atom. The van der Waals surface area contributed by atoms with Gasteiger partial charge >= 0.3 is 5.97 Å². The summed E-state index contributed by atoms with van der Waals surface area (Å²) in [6.07, 6.45) is 6.04. The molecule has 0 atom stereocenters. The molecule has 1 aliphatic rings. The Morgan fingerprint density at radius 3 is 2.61 bits per heavy atom. The van der Waals surface area contributed by atoms with Crippen LogP contribution in [0.1, 0.15) is 56.5 Å². The molecule has 6 nitrogen and oxygen atoms in total. The number of fused-ring (bicyclic) bond motifs is 1. The molecule has 1 aliphatic carbocycles. The van der Waals surface area contributed by atoms with E-state index in [0.29, 0.717) is 24.5 Å². The van der Waals surface area contributed by atoms with E-state index in [1.54, 1.807) is 6.07 Å². The van der Waals surface area contributed by atoms with Crippen LogP contribution in [0.5, 0.6) is 11.5 Å². The molecule has 28 heavy (non-hydrogen) atoms. The quantitative estimate of drug-likeness (QED) is 0.613. The first-order valence-corrected chi connectivity index (χ1v) is 10.1. The molecule has 3 rings (SSSR count). The number of rotatable bonds is 8. The van der Waals surface area contributed by atoms with Crippen LogP contribution in [0.4, 0.5) is 0 Å². The van der Waals surface area contributed by atoms with Gasteiger partial charge in [0, 0.05) is 24.7 Å². The van der Waals surface area contributed by atoms with Gasteiger partial charge in [-0.05, 0) is 53.6 Å².